The van der Waals surface area contributed by atoms with Gasteiger partial charge in [-0.25, -0.2) is 4.79 Å². The van der Waals surface area contributed by atoms with E-state index >= 15 is 0 Å². The smallest absolute Gasteiger partial charge is 0.338 e. The standard InChI is InChI=1S/C21H19N3O5/c1-27-17-10-6-14(7-11-17)20-22-18(29-23-20)13-28-21(26)15-4-8-16(9-5-15)24-12-2-3-19(24)25/h4-11H,2-3,12-13H2,1H3. The summed E-state index contributed by atoms with van der Waals surface area (Å²) in [5, 5.41) is 3.90. The number of carbonyl (C=O) groups is 2. The third-order valence-corrected chi connectivity index (χ3v) is 4.63. The van der Waals surface area contributed by atoms with Crippen molar-refractivity contribution in [1.82, 2.24) is 10.1 Å². The molecule has 1 aliphatic heterocycles. The lowest BCUT2D eigenvalue weighted by molar-refractivity contribution is -0.117. The minimum Gasteiger partial charge on any atom is -0.497 e. The van der Waals surface area contributed by atoms with Crippen molar-refractivity contribution in [1.29, 1.82) is 0 Å². The number of rotatable bonds is 6. The molecule has 0 unspecified atom stereocenters. The normalized spacial score (nSPS) is 13.6. The first-order chi connectivity index (χ1) is 14.1. The quantitative estimate of drug-likeness (QED) is 0.593. The van der Waals surface area contributed by atoms with Gasteiger partial charge in [0.05, 0.1) is 12.7 Å². The van der Waals surface area contributed by atoms with E-state index < -0.39 is 5.97 Å². The zero-order valence-electron chi connectivity index (χ0n) is 15.8. The fourth-order valence-electron chi connectivity index (χ4n) is 3.08. The second-order valence-corrected chi connectivity index (χ2v) is 6.51. The van der Waals surface area contributed by atoms with Crippen molar-refractivity contribution in [2.24, 2.45) is 0 Å². The monoisotopic (exact) mass is 393 g/mol. The number of nitrogens with zero attached hydrogens (tertiary/aromatic N) is 3. The maximum Gasteiger partial charge on any atom is 0.338 e. The van der Waals surface area contributed by atoms with Crippen LogP contribution in [0.1, 0.15) is 29.1 Å². The second kappa shape index (κ2) is 8.14. The molecular weight excluding hydrogens is 374 g/mol. The molecule has 2 heterocycles. The molecule has 0 N–H and O–H groups in total. The summed E-state index contributed by atoms with van der Waals surface area (Å²) in [4.78, 5) is 30.0. The number of esters is 1. The summed E-state index contributed by atoms with van der Waals surface area (Å²) < 4.78 is 15.5. The first-order valence-electron chi connectivity index (χ1n) is 9.18. The van der Waals surface area contributed by atoms with Crippen molar-refractivity contribution >= 4 is 17.6 Å². The summed E-state index contributed by atoms with van der Waals surface area (Å²) in [6.07, 6.45) is 1.41. The molecule has 0 radical (unpaired) electrons. The first kappa shape index (κ1) is 18.7. The van der Waals surface area contributed by atoms with Crippen molar-refractivity contribution < 1.29 is 23.6 Å². The van der Waals surface area contributed by atoms with Crippen LogP contribution in [-0.2, 0) is 16.1 Å². The van der Waals surface area contributed by atoms with Gasteiger partial charge in [-0.1, -0.05) is 5.16 Å². The molecule has 0 aliphatic carbocycles. The van der Waals surface area contributed by atoms with Crippen LogP contribution >= 0.6 is 0 Å². The number of amides is 1. The van der Waals surface area contributed by atoms with Crippen LogP contribution in [0.25, 0.3) is 11.4 Å². The highest BCUT2D eigenvalue weighted by atomic mass is 16.6. The van der Waals surface area contributed by atoms with E-state index in [2.05, 4.69) is 10.1 Å². The van der Waals surface area contributed by atoms with E-state index in [1.165, 1.54) is 0 Å². The Morgan fingerprint density at radius 3 is 2.55 bits per heavy atom. The molecule has 148 valence electrons. The van der Waals surface area contributed by atoms with Crippen molar-refractivity contribution in [2.75, 3.05) is 18.6 Å². The summed E-state index contributed by atoms with van der Waals surface area (Å²) >= 11 is 0. The highest BCUT2D eigenvalue weighted by Crippen LogP contribution is 2.22. The van der Waals surface area contributed by atoms with E-state index in [9.17, 15) is 9.59 Å². The Morgan fingerprint density at radius 1 is 1.14 bits per heavy atom. The maximum atomic E-state index is 12.3. The number of hydrogen-bond donors (Lipinski definition) is 0. The Bertz CT molecular complexity index is 1010. The molecule has 0 saturated carbocycles. The van der Waals surface area contributed by atoms with Gasteiger partial charge in [0.1, 0.15) is 5.75 Å². The van der Waals surface area contributed by atoms with Gasteiger partial charge in [0.25, 0.3) is 5.89 Å². The molecule has 0 spiro atoms. The van der Waals surface area contributed by atoms with Gasteiger partial charge in [-0.3, -0.25) is 4.79 Å². The predicted molar refractivity (Wildman–Crippen MR) is 103 cm³/mol. The number of carbonyl (C=O) groups excluding carboxylic acids is 2. The van der Waals surface area contributed by atoms with Crippen LogP contribution < -0.4 is 9.64 Å². The molecule has 2 aromatic carbocycles. The van der Waals surface area contributed by atoms with Crippen molar-refractivity contribution in [2.45, 2.75) is 19.4 Å². The van der Waals surface area contributed by atoms with Crippen LogP contribution in [-0.4, -0.2) is 35.7 Å². The molecular formula is C21H19N3O5. The van der Waals surface area contributed by atoms with Gasteiger partial charge in [-0.15, -0.1) is 0 Å². The Hall–Kier alpha value is -3.68. The van der Waals surface area contributed by atoms with Crippen molar-refractivity contribution in [3.63, 3.8) is 0 Å². The fourth-order valence-corrected chi connectivity index (χ4v) is 3.08. The predicted octanol–water partition coefficient (Wildman–Crippen LogP) is 3.23. The SMILES string of the molecule is COc1ccc(-c2noc(COC(=O)c3ccc(N4CCCC4=O)cc3)n2)cc1. The zero-order valence-corrected chi connectivity index (χ0v) is 15.8. The molecule has 4 rings (SSSR count). The van der Waals surface area contributed by atoms with E-state index in [4.69, 9.17) is 14.0 Å². The Balaban J connectivity index is 1.36. The van der Waals surface area contributed by atoms with Gasteiger partial charge in [0.15, 0.2) is 6.61 Å². The maximum absolute atomic E-state index is 12.3. The molecule has 0 bridgehead atoms. The number of anilines is 1. The number of methoxy groups -OCH3 is 1. The third kappa shape index (κ3) is 4.11. The van der Waals surface area contributed by atoms with Crippen LogP contribution in [0.3, 0.4) is 0 Å². The summed E-state index contributed by atoms with van der Waals surface area (Å²) in [5.41, 5.74) is 1.93. The van der Waals surface area contributed by atoms with Crippen LogP contribution in [0.4, 0.5) is 5.69 Å². The molecule has 1 saturated heterocycles. The third-order valence-electron chi connectivity index (χ3n) is 4.63. The molecule has 1 aliphatic rings. The van der Waals surface area contributed by atoms with Gasteiger partial charge in [0.2, 0.25) is 11.7 Å². The van der Waals surface area contributed by atoms with Crippen LogP contribution in [0.2, 0.25) is 0 Å². The van der Waals surface area contributed by atoms with Gasteiger partial charge in [0, 0.05) is 24.2 Å². The summed E-state index contributed by atoms with van der Waals surface area (Å²) in [7, 11) is 1.59. The van der Waals surface area contributed by atoms with Crippen molar-refractivity contribution in [3.05, 3.63) is 60.0 Å². The number of benzene rings is 2. The number of hydrogen-bond acceptors (Lipinski definition) is 7. The summed E-state index contributed by atoms with van der Waals surface area (Å²) in [5.74, 6) is 0.922. The fraction of sp³-hybridized carbons (Fsp3) is 0.238. The summed E-state index contributed by atoms with van der Waals surface area (Å²) in [6, 6.07) is 14.0. The molecule has 8 heteroatoms. The molecule has 1 amide bonds. The van der Waals surface area contributed by atoms with E-state index in [-0.39, 0.29) is 18.4 Å². The molecule has 0 atom stereocenters. The van der Waals surface area contributed by atoms with E-state index in [0.717, 1.165) is 23.4 Å². The molecule has 29 heavy (non-hydrogen) atoms. The first-order valence-corrected chi connectivity index (χ1v) is 9.18. The topological polar surface area (TPSA) is 94.8 Å². The Labute approximate surface area is 167 Å². The van der Waals surface area contributed by atoms with E-state index in [0.29, 0.717) is 24.4 Å². The van der Waals surface area contributed by atoms with Gasteiger partial charge >= 0.3 is 5.97 Å². The molecule has 8 nitrogen and oxygen atoms in total. The second-order valence-electron chi connectivity index (χ2n) is 6.51. The lowest BCUT2D eigenvalue weighted by Gasteiger charge is -2.15. The molecule has 3 aromatic rings. The van der Waals surface area contributed by atoms with Crippen molar-refractivity contribution in [3.8, 4) is 17.1 Å². The minimum absolute atomic E-state index is 0.101. The summed E-state index contributed by atoms with van der Waals surface area (Å²) in [6.45, 7) is 0.574. The Kier molecular flexibility index (Phi) is 5.24. The average molecular weight is 393 g/mol. The lowest BCUT2D eigenvalue weighted by Crippen LogP contribution is -2.23. The zero-order chi connectivity index (χ0) is 20.2. The van der Waals surface area contributed by atoms with E-state index in [1.807, 2.05) is 12.1 Å². The number of aromatic nitrogens is 2. The lowest BCUT2D eigenvalue weighted by atomic mass is 10.2. The van der Waals surface area contributed by atoms with Crippen LogP contribution in [0, 0.1) is 0 Å². The van der Waals surface area contributed by atoms with Crippen LogP contribution in [0.15, 0.2) is 53.1 Å². The Morgan fingerprint density at radius 2 is 1.90 bits per heavy atom. The van der Waals surface area contributed by atoms with E-state index in [1.54, 1.807) is 48.4 Å². The van der Waals surface area contributed by atoms with Gasteiger partial charge < -0.3 is 18.9 Å². The van der Waals surface area contributed by atoms with Gasteiger partial charge in [-0.2, -0.15) is 4.98 Å². The average Bonchev–Trinajstić information content (AvgIpc) is 3.41. The van der Waals surface area contributed by atoms with Gasteiger partial charge in [-0.05, 0) is 55.0 Å². The largest absolute Gasteiger partial charge is 0.497 e. The molecule has 1 fully saturated rings. The highest BCUT2D eigenvalue weighted by Gasteiger charge is 2.22. The number of ether oxygens (including phenoxy) is 2. The molecule has 1 aromatic heterocycles. The van der Waals surface area contributed by atoms with Crippen LogP contribution in [0.5, 0.6) is 5.75 Å². The highest BCUT2D eigenvalue weighted by molar-refractivity contribution is 5.96. The minimum atomic E-state index is -0.506.